The molecule has 112 valence electrons. The van der Waals surface area contributed by atoms with Gasteiger partial charge in [-0.3, -0.25) is 4.90 Å². The Morgan fingerprint density at radius 3 is 2.90 bits per heavy atom. The first-order valence-corrected chi connectivity index (χ1v) is 7.41. The third-order valence-corrected chi connectivity index (χ3v) is 4.34. The van der Waals surface area contributed by atoms with E-state index in [1.54, 1.807) is 0 Å². The van der Waals surface area contributed by atoms with Gasteiger partial charge in [0.2, 0.25) is 0 Å². The number of nitrogens with two attached hydrogens (primary N) is 1. The molecule has 2 aromatic rings. The standard InChI is InChI=1S/C16H22N4O/c1-12-5-3-4-6-13(12)15-18-14(19-21-15)9-20-8-7-16(2,10-17)11-20/h3-6H,7-11,17H2,1-2H3. The molecule has 0 aliphatic carbocycles. The minimum absolute atomic E-state index is 0.225. The number of nitrogens with zero attached hydrogens (tertiary/aromatic N) is 3. The van der Waals surface area contributed by atoms with E-state index in [-0.39, 0.29) is 5.41 Å². The average Bonchev–Trinajstić information content (AvgIpc) is 3.08. The predicted molar refractivity (Wildman–Crippen MR) is 81.5 cm³/mol. The summed E-state index contributed by atoms with van der Waals surface area (Å²) in [6.45, 7) is 7.78. The molecule has 0 radical (unpaired) electrons. The van der Waals surface area contributed by atoms with Crippen LogP contribution in [-0.4, -0.2) is 34.7 Å². The molecular formula is C16H22N4O. The van der Waals surface area contributed by atoms with Crippen LogP contribution in [0.4, 0.5) is 0 Å². The maximum atomic E-state index is 5.84. The summed E-state index contributed by atoms with van der Waals surface area (Å²) in [5.41, 5.74) is 8.22. The Kier molecular flexibility index (Phi) is 3.78. The van der Waals surface area contributed by atoms with E-state index in [1.807, 2.05) is 31.2 Å². The van der Waals surface area contributed by atoms with Gasteiger partial charge in [0.05, 0.1) is 6.54 Å². The molecule has 5 heteroatoms. The molecule has 1 aromatic heterocycles. The molecule has 2 N–H and O–H groups in total. The van der Waals surface area contributed by atoms with Gasteiger partial charge in [0.15, 0.2) is 5.82 Å². The molecule has 0 saturated carbocycles. The zero-order valence-electron chi connectivity index (χ0n) is 12.7. The Morgan fingerprint density at radius 1 is 1.38 bits per heavy atom. The van der Waals surface area contributed by atoms with Gasteiger partial charge >= 0.3 is 0 Å². The van der Waals surface area contributed by atoms with E-state index in [4.69, 9.17) is 10.3 Å². The topological polar surface area (TPSA) is 68.2 Å². The Morgan fingerprint density at radius 2 is 2.19 bits per heavy atom. The number of aromatic nitrogens is 2. The molecule has 1 unspecified atom stereocenters. The second kappa shape index (κ2) is 5.58. The predicted octanol–water partition coefficient (Wildman–Crippen LogP) is 2.22. The SMILES string of the molecule is Cc1ccccc1-c1nc(CN2CCC(C)(CN)C2)no1. The van der Waals surface area contributed by atoms with Gasteiger partial charge in [-0.25, -0.2) is 0 Å². The van der Waals surface area contributed by atoms with Gasteiger partial charge in [0.1, 0.15) is 0 Å². The Bertz CT molecular complexity index is 624. The third-order valence-electron chi connectivity index (χ3n) is 4.34. The van der Waals surface area contributed by atoms with Crippen molar-refractivity contribution in [2.24, 2.45) is 11.1 Å². The van der Waals surface area contributed by atoms with E-state index in [1.165, 1.54) is 0 Å². The zero-order chi connectivity index (χ0) is 14.9. The second-order valence-corrected chi connectivity index (χ2v) is 6.31. The lowest BCUT2D eigenvalue weighted by atomic mass is 9.90. The van der Waals surface area contributed by atoms with Gasteiger partial charge in [-0.05, 0) is 43.5 Å². The Labute approximate surface area is 125 Å². The number of hydrogen-bond donors (Lipinski definition) is 1. The molecule has 5 nitrogen and oxygen atoms in total. The molecule has 0 amide bonds. The van der Waals surface area contributed by atoms with Crippen molar-refractivity contribution in [1.29, 1.82) is 0 Å². The summed E-state index contributed by atoms with van der Waals surface area (Å²) in [7, 11) is 0. The summed E-state index contributed by atoms with van der Waals surface area (Å²) in [6, 6.07) is 8.05. The highest BCUT2D eigenvalue weighted by atomic mass is 16.5. The number of aryl methyl sites for hydroxylation is 1. The molecule has 0 bridgehead atoms. The molecule has 21 heavy (non-hydrogen) atoms. The van der Waals surface area contributed by atoms with E-state index in [2.05, 4.69) is 22.0 Å². The highest BCUT2D eigenvalue weighted by Crippen LogP contribution is 2.29. The van der Waals surface area contributed by atoms with Crippen molar-refractivity contribution in [3.63, 3.8) is 0 Å². The highest BCUT2D eigenvalue weighted by molar-refractivity contribution is 5.57. The van der Waals surface area contributed by atoms with Gasteiger partial charge in [-0.1, -0.05) is 30.3 Å². The largest absolute Gasteiger partial charge is 0.334 e. The molecular weight excluding hydrogens is 264 g/mol. The molecule has 1 aliphatic rings. The van der Waals surface area contributed by atoms with Crippen LogP contribution in [0.25, 0.3) is 11.5 Å². The summed E-state index contributed by atoms with van der Waals surface area (Å²) in [4.78, 5) is 6.87. The van der Waals surface area contributed by atoms with Gasteiger partial charge in [0, 0.05) is 12.1 Å². The summed E-state index contributed by atoms with van der Waals surface area (Å²) in [5, 5.41) is 4.11. The van der Waals surface area contributed by atoms with Crippen LogP contribution < -0.4 is 5.73 Å². The maximum absolute atomic E-state index is 5.84. The number of likely N-dealkylation sites (tertiary alicyclic amines) is 1. The first-order valence-electron chi connectivity index (χ1n) is 7.41. The number of hydrogen-bond acceptors (Lipinski definition) is 5. The molecule has 1 saturated heterocycles. The minimum Gasteiger partial charge on any atom is -0.334 e. The lowest BCUT2D eigenvalue weighted by molar-refractivity contribution is 0.265. The van der Waals surface area contributed by atoms with Crippen molar-refractivity contribution >= 4 is 0 Å². The lowest BCUT2D eigenvalue weighted by Crippen LogP contribution is -2.31. The first kappa shape index (κ1) is 14.2. The average molecular weight is 286 g/mol. The van der Waals surface area contributed by atoms with Crippen LogP contribution in [0.15, 0.2) is 28.8 Å². The van der Waals surface area contributed by atoms with Gasteiger partial charge in [-0.15, -0.1) is 0 Å². The fraction of sp³-hybridized carbons (Fsp3) is 0.500. The fourth-order valence-corrected chi connectivity index (χ4v) is 2.87. The Hall–Kier alpha value is -1.72. The molecule has 0 spiro atoms. The first-order chi connectivity index (χ1) is 10.1. The molecule has 1 fully saturated rings. The fourth-order valence-electron chi connectivity index (χ4n) is 2.87. The Balaban J connectivity index is 1.71. The van der Waals surface area contributed by atoms with Crippen LogP contribution in [0.1, 0.15) is 24.7 Å². The van der Waals surface area contributed by atoms with E-state index >= 15 is 0 Å². The van der Waals surface area contributed by atoms with Crippen molar-refractivity contribution < 1.29 is 4.52 Å². The summed E-state index contributed by atoms with van der Waals surface area (Å²) < 4.78 is 5.41. The quantitative estimate of drug-likeness (QED) is 0.933. The molecule has 3 rings (SSSR count). The molecule has 1 aromatic carbocycles. The summed E-state index contributed by atoms with van der Waals surface area (Å²) >= 11 is 0. The smallest absolute Gasteiger partial charge is 0.258 e. The van der Waals surface area contributed by atoms with Crippen LogP contribution in [0.2, 0.25) is 0 Å². The summed E-state index contributed by atoms with van der Waals surface area (Å²) in [5.74, 6) is 1.35. The number of rotatable bonds is 4. The van der Waals surface area contributed by atoms with Gasteiger partial charge in [-0.2, -0.15) is 4.98 Å². The van der Waals surface area contributed by atoms with Crippen LogP contribution in [0.3, 0.4) is 0 Å². The lowest BCUT2D eigenvalue weighted by Gasteiger charge is -2.21. The zero-order valence-corrected chi connectivity index (χ0v) is 12.7. The van der Waals surface area contributed by atoms with E-state index in [0.29, 0.717) is 5.89 Å². The number of benzene rings is 1. The van der Waals surface area contributed by atoms with Crippen molar-refractivity contribution in [2.75, 3.05) is 19.6 Å². The van der Waals surface area contributed by atoms with Crippen molar-refractivity contribution in [3.05, 3.63) is 35.7 Å². The van der Waals surface area contributed by atoms with Crippen LogP contribution in [0.5, 0.6) is 0 Å². The second-order valence-electron chi connectivity index (χ2n) is 6.31. The van der Waals surface area contributed by atoms with Crippen LogP contribution in [0, 0.1) is 12.3 Å². The van der Waals surface area contributed by atoms with Crippen molar-refractivity contribution in [1.82, 2.24) is 15.0 Å². The molecule has 2 heterocycles. The van der Waals surface area contributed by atoms with Gasteiger partial charge < -0.3 is 10.3 Å². The van der Waals surface area contributed by atoms with Crippen LogP contribution >= 0.6 is 0 Å². The molecule has 1 atom stereocenters. The maximum Gasteiger partial charge on any atom is 0.258 e. The van der Waals surface area contributed by atoms with Crippen molar-refractivity contribution in [3.8, 4) is 11.5 Å². The highest BCUT2D eigenvalue weighted by Gasteiger charge is 2.32. The minimum atomic E-state index is 0.225. The van der Waals surface area contributed by atoms with E-state index in [9.17, 15) is 0 Å². The van der Waals surface area contributed by atoms with E-state index in [0.717, 1.165) is 49.6 Å². The van der Waals surface area contributed by atoms with Crippen molar-refractivity contribution in [2.45, 2.75) is 26.8 Å². The summed E-state index contributed by atoms with van der Waals surface area (Å²) in [6.07, 6.45) is 1.13. The van der Waals surface area contributed by atoms with Gasteiger partial charge in [0.25, 0.3) is 5.89 Å². The normalized spacial score (nSPS) is 22.8. The van der Waals surface area contributed by atoms with Crippen LogP contribution in [-0.2, 0) is 6.54 Å². The van der Waals surface area contributed by atoms with E-state index < -0.39 is 0 Å². The monoisotopic (exact) mass is 286 g/mol. The third kappa shape index (κ3) is 2.99. The molecule has 1 aliphatic heterocycles.